The smallest absolute Gasteiger partial charge is 0.294 e. The van der Waals surface area contributed by atoms with E-state index in [1.54, 1.807) is 26.0 Å². The Balaban J connectivity index is 2.39. The van der Waals surface area contributed by atoms with Crippen LogP contribution in [-0.2, 0) is 16.1 Å². The topological polar surface area (TPSA) is 102 Å². The average molecular weight is 282 g/mol. The van der Waals surface area contributed by atoms with E-state index in [4.69, 9.17) is 5.11 Å². The van der Waals surface area contributed by atoms with E-state index < -0.39 is 10.5 Å². The number of hydrogen-bond acceptors (Lipinski definition) is 5. The first kappa shape index (κ1) is 15.7. The molecule has 0 spiro atoms. The number of carbonyl (C=O) groups is 1. The molecule has 0 aromatic heterocycles. The molecule has 0 aliphatic rings. The molecule has 1 rings (SSSR count). The Labute approximate surface area is 116 Å². The minimum Gasteiger partial charge on any atom is -0.508 e. The van der Waals surface area contributed by atoms with Crippen LogP contribution in [0.1, 0.15) is 19.4 Å². The predicted octanol–water partition coefficient (Wildman–Crippen LogP) is 1.29. The van der Waals surface area contributed by atoms with Crippen molar-refractivity contribution < 1.29 is 19.8 Å². The van der Waals surface area contributed by atoms with Crippen molar-refractivity contribution in [2.24, 2.45) is 5.41 Å². The summed E-state index contributed by atoms with van der Waals surface area (Å²) >= 11 is 0. The summed E-state index contributed by atoms with van der Waals surface area (Å²) in [6.07, 6.45) is 0.187. The minimum atomic E-state index is -0.847. The quantitative estimate of drug-likeness (QED) is 0.579. The summed E-state index contributed by atoms with van der Waals surface area (Å²) in [5, 5.41) is 21.1. The molecule has 0 fully saturated rings. The molecule has 1 amide bonds. The van der Waals surface area contributed by atoms with E-state index in [1.807, 2.05) is 0 Å². The fourth-order valence-electron chi connectivity index (χ4n) is 1.48. The van der Waals surface area contributed by atoms with Gasteiger partial charge in [-0.3, -0.25) is 4.79 Å². The van der Waals surface area contributed by atoms with Gasteiger partial charge in [0.2, 0.25) is 5.91 Å². The third-order valence-electron chi connectivity index (χ3n) is 2.63. The lowest BCUT2D eigenvalue weighted by atomic mass is 9.95. The van der Waals surface area contributed by atoms with Gasteiger partial charge in [-0.05, 0) is 17.7 Å². The SMILES string of the molecule is CC(C)(CNC(=O)Cc1ccc(O)cc1)CO[N+](=O)[O-]. The van der Waals surface area contributed by atoms with Gasteiger partial charge in [-0.15, -0.1) is 10.1 Å². The van der Waals surface area contributed by atoms with E-state index in [2.05, 4.69) is 10.2 Å². The number of rotatable bonds is 7. The van der Waals surface area contributed by atoms with Gasteiger partial charge in [-0.1, -0.05) is 26.0 Å². The molecule has 20 heavy (non-hydrogen) atoms. The lowest BCUT2D eigenvalue weighted by Gasteiger charge is -2.23. The second-order valence-corrected chi connectivity index (χ2v) is 5.28. The number of nitrogens with zero attached hydrogens (tertiary/aromatic N) is 1. The number of carbonyl (C=O) groups excluding carboxylic acids is 1. The van der Waals surface area contributed by atoms with Gasteiger partial charge in [0.15, 0.2) is 0 Å². The predicted molar refractivity (Wildman–Crippen MR) is 71.5 cm³/mol. The van der Waals surface area contributed by atoms with Crippen LogP contribution in [0.5, 0.6) is 5.75 Å². The van der Waals surface area contributed by atoms with Crippen LogP contribution in [0.25, 0.3) is 0 Å². The first-order chi connectivity index (χ1) is 9.28. The van der Waals surface area contributed by atoms with Crippen molar-refractivity contribution in [2.75, 3.05) is 13.2 Å². The maximum Gasteiger partial charge on any atom is 0.294 e. The van der Waals surface area contributed by atoms with Crippen LogP contribution in [0.15, 0.2) is 24.3 Å². The number of benzene rings is 1. The fourth-order valence-corrected chi connectivity index (χ4v) is 1.48. The van der Waals surface area contributed by atoms with Gasteiger partial charge in [-0.25, -0.2) is 0 Å². The monoisotopic (exact) mass is 282 g/mol. The highest BCUT2D eigenvalue weighted by atomic mass is 16.9. The molecule has 1 aromatic carbocycles. The van der Waals surface area contributed by atoms with Crippen LogP contribution >= 0.6 is 0 Å². The third-order valence-corrected chi connectivity index (χ3v) is 2.63. The van der Waals surface area contributed by atoms with Crippen LogP contribution in [0.3, 0.4) is 0 Å². The fraction of sp³-hybridized carbons (Fsp3) is 0.462. The molecule has 0 bridgehead atoms. The van der Waals surface area contributed by atoms with E-state index in [1.165, 1.54) is 12.1 Å². The van der Waals surface area contributed by atoms with Crippen molar-refractivity contribution >= 4 is 5.91 Å². The van der Waals surface area contributed by atoms with Crippen molar-refractivity contribution in [3.63, 3.8) is 0 Å². The Kier molecular flexibility index (Phi) is 5.31. The van der Waals surface area contributed by atoms with Crippen LogP contribution in [0, 0.1) is 15.5 Å². The first-order valence-corrected chi connectivity index (χ1v) is 6.10. The second kappa shape index (κ2) is 6.74. The number of phenols is 1. The summed E-state index contributed by atoms with van der Waals surface area (Å²) < 4.78 is 0. The molecular formula is C13H18N2O5. The number of nitrogens with one attached hydrogen (secondary N) is 1. The Morgan fingerprint density at radius 1 is 1.40 bits per heavy atom. The molecule has 7 nitrogen and oxygen atoms in total. The maximum atomic E-state index is 11.7. The first-order valence-electron chi connectivity index (χ1n) is 6.10. The number of amides is 1. The van der Waals surface area contributed by atoms with Crippen molar-refractivity contribution in [3.05, 3.63) is 39.9 Å². The normalized spacial score (nSPS) is 10.9. The Bertz CT molecular complexity index is 470. The minimum absolute atomic E-state index is 0.0838. The summed E-state index contributed by atoms with van der Waals surface area (Å²) in [4.78, 5) is 26.2. The van der Waals surface area contributed by atoms with E-state index in [9.17, 15) is 14.9 Å². The van der Waals surface area contributed by atoms with Gasteiger partial charge in [0.05, 0.1) is 6.42 Å². The van der Waals surface area contributed by atoms with Crippen molar-refractivity contribution in [2.45, 2.75) is 20.3 Å². The summed E-state index contributed by atoms with van der Waals surface area (Å²) in [6, 6.07) is 6.35. The Morgan fingerprint density at radius 3 is 2.55 bits per heavy atom. The largest absolute Gasteiger partial charge is 0.508 e. The zero-order chi connectivity index (χ0) is 15.2. The number of phenolic OH excluding ortho intramolecular Hbond substituents is 1. The molecule has 0 unspecified atom stereocenters. The van der Waals surface area contributed by atoms with Crippen molar-refractivity contribution in [1.29, 1.82) is 0 Å². The molecule has 1 aromatic rings. The average Bonchev–Trinajstić information content (AvgIpc) is 2.37. The zero-order valence-electron chi connectivity index (χ0n) is 11.5. The highest BCUT2D eigenvalue weighted by Crippen LogP contribution is 2.14. The third kappa shape index (κ3) is 6.03. The molecule has 0 aliphatic carbocycles. The summed E-state index contributed by atoms with van der Waals surface area (Å²) in [7, 11) is 0. The van der Waals surface area contributed by atoms with E-state index in [-0.39, 0.29) is 31.2 Å². The van der Waals surface area contributed by atoms with Crippen LogP contribution in [0.4, 0.5) is 0 Å². The summed E-state index contributed by atoms with van der Waals surface area (Å²) in [5.41, 5.74) is 0.247. The van der Waals surface area contributed by atoms with Crippen LogP contribution in [-0.4, -0.2) is 29.3 Å². The Hall–Kier alpha value is -2.31. The van der Waals surface area contributed by atoms with Gasteiger partial charge >= 0.3 is 0 Å². The summed E-state index contributed by atoms with van der Waals surface area (Å²) in [5.74, 6) is -0.0444. The van der Waals surface area contributed by atoms with Crippen molar-refractivity contribution in [3.8, 4) is 5.75 Å². The van der Waals surface area contributed by atoms with Gasteiger partial charge in [0, 0.05) is 12.0 Å². The van der Waals surface area contributed by atoms with Crippen LogP contribution < -0.4 is 5.32 Å². The molecule has 0 aliphatic heterocycles. The summed E-state index contributed by atoms with van der Waals surface area (Å²) in [6.45, 7) is 3.71. The standard InChI is InChI=1S/C13H18N2O5/c1-13(2,9-20-15(18)19)8-14-12(17)7-10-3-5-11(16)6-4-10/h3-6,16H,7-9H2,1-2H3,(H,14,17). The van der Waals surface area contributed by atoms with Gasteiger partial charge in [0.1, 0.15) is 12.4 Å². The lowest BCUT2D eigenvalue weighted by molar-refractivity contribution is -0.760. The molecule has 0 heterocycles. The molecule has 0 saturated heterocycles. The van der Waals surface area contributed by atoms with Gasteiger partial charge < -0.3 is 15.3 Å². The maximum absolute atomic E-state index is 11.7. The number of aromatic hydroxyl groups is 1. The molecule has 0 radical (unpaired) electrons. The van der Waals surface area contributed by atoms with Crippen LogP contribution in [0.2, 0.25) is 0 Å². The van der Waals surface area contributed by atoms with Crippen molar-refractivity contribution in [1.82, 2.24) is 5.32 Å². The Morgan fingerprint density at radius 2 is 2.00 bits per heavy atom. The van der Waals surface area contributed by atoms with E-state index >= 15 is 0 Å². The highest BCUT2D eigenvalue weighted by molar-refractivity contribution is 5.78. The second-order valence-electron chi connectivity index (χ2n) is 5.28. The number of hydrogen-bond donors (Lipinski definition) is 2. The molecular weight excluding hydrogens is 264 g/mol. The van der Waals surface area contributed by atoms with Gasteiger partial charge in [-0.2, -0.15) is 0 Å². The molecule has 0 atom stereocenters. The lowest BCUT2D eigenvalue weighted by Crippen LogP contribution is -2.37. The zero-order valence-corrected chi connectivity index (χ0v) is 11.5. The van der Waals surface area contributed by atoms with Gasteiger partial charge in [0.25, 0.3) is 5.09 Å². The molecule has 0 saturated carbocycles. The van der Waals surface area contributed by atoms with E-state index in [0.717, 1.165) is 5.56 Å². The molecule has 7 heteroatoms. The molecule has 110 valence electrons. The highest BCUT2D eigenvalue weighted by Gasteiger charge is 2.20. The molecule has 2 N–H and O–H groups in total. The van der Waals surface area contributed by atoms with E-state index in [0.29, 0.717) is 0 Å².